The summed E-state index contributed by atoms with van der Waals surface area (Å²) in [6.07, 6.45) is 3.16. The van der Waals surface area contributed by atoms with Crippen LogP contribution < -0.4 is 0 Å². The molecule has 0 fully saturated rings. The molecule has 0 saturated heterocycles. The molecular weight excluding hydrogens is 334 g/mol. The van der Waals surface area contributed by atoms with Crippen molar-refractivity contribution in [2.45, 2.75) is 12.8 Å². The first-order valence-corrected chi connectivity index (χ1v) is 6.60. The van der Waals surface area contributed by atoms with Crippen LogP contribution in [0.4, 0.5) is 8.78 Å². The highest BCUT2D eigenvalue weighted by atomic mass is 79.9. The maximum atomic E-state index is 13.9. The van der Waals surface area contributed by atoms with E-state index in [-0.39, 0.29) is 6.61 Å². The first kappa shape index (κ1) is 14.6. The highest BCUT2D eigenvalue weighted by Crippen LogP contribution is 2.30. The molecule has 2 rings (SSSR count). The molecule has 0 aliphatic heterocycles. The lowest BCUT2D eigenvalue weighted by Gasteiger charge is -2.15. The van der Waals surface area contributed by atoms with Crippen LogP contribution in [0.5, 0.6) is 0 Å². The number of aromatic nitrogens is 2. The van der Waals surface area contributed by atoms with Gasteiger partial charge in [0.1, 0.15) is 0 Å². The summed E-state index contributed by atoms with van der Waals surface area (Å²) in [5.74, 6) is -5.24. The average Bonchev–Trinajstić information content (AvgIpc) is 2.86. The van der Waals surface area contributed by atoms with Gasteiger partial charge in [-0.05, 0) is 35.0 Å². The summed E-state index contributed by atoms with van der Waals surface area (Å²) in [6, 6.07) is 5.44. The van der Waals surface area contributed by atoms with Gasteiger partial charge >= 0.3 is 11.9 Å². The first-order chi connectivity index (χ1) is 9.45. The van der Waals surface area contributed by atoms with E-state index in [2.05, 4.69) is 25.8 Å². The van der Waals surface area contributed by atoms with Crippen LogP contribution in [-0.2, 0) is 15.5 Å². The predicted octanol–water partition coefficient (Wildman–Crippen LogP) is 3.29. The molecule has 1 heterocycles. The van der Waals surface area contributed by atoms with E-state index >= 15 is 0 Å². The second kappa shape index (κ2) is 5.70. The van der Waals surface area contributed by atoms with Gasteiger partial charge in [-0.3, -0.25) is 0 Å². The van der Waals surface area contributed by atoms with E-state index in [0.717, 1.165) is 4.47 Å². The van der Waals surface area contributed by atoms with Gasteiger partial charge in [0, 0.05) is 11.8 Å². The molecule has 4 nitrogen and oxygen atoms in total. The Morgan fingerprint density at radius 1 is 1.50 bits per heavy atom. The summed E-state index contributed by atoms with van der Waals surface area (Å²) in [7, 11) is 0. The molecule has 0 bridgehead atoms. The standard InChI is InChI=1S/C13H11BrF2N2O2/c1-2-20-12(19)13(15,16)9-4-3-5-11(6-9)18-8-10(14)7-17-18/h3-8H,2H2,1H3. The van der Waals surface area contributed by atoms with Gasteiger partial charge in [0.2, 0.25) is 0 Å². The third kappa shape index (κ3) is 2.87. The fourth-order valence-electron chi connectivity index (χ4n) is 1.63. The molecule has 1 aromatic heterocycles. The quantitative estimate of drug-likeness (QED) is 0.799. The van der Waals surface area contributed by atoms with Gasteiger partial charge in [0.05, 0.1) is 23.0 Å². The number of alkyl halides is 2. The number of ether oxygens (including phenoxy) is 1. The van der Waals surface area contributed by atoms with E-state index in [1.807, 2.05) is 0 Å². The molecule has 0 spiro atoms. The van der Waals surface area contributed by atoms with E-state index < -0.39 is 17.5 Å². The van der Waals surface area contributed by atoms with Gasteiger partial charge in [-0.2, -0.15) is 13.9 Å². The van der Waals surface area contributed by atoms with E-state index in [9.17, 15) is 13.6 Å². The van der Waals surface area contributed by atoms with Crippen LogP contribution in [0, 0.1) is 0 Å². The number of carbonyl (C=O) groups is 1. The second-order valence-electron chi connectivity index (χ2n) is 3.95. The lowest BCUT2D eigenvalue weighted by molar-refractivity contribution is -0.173. The summed E-state index contributed by atoms with van der Waals surface area (Å²) in [6.45, 7) is 1.38. The molecule has 20 heavy (non-hydrogen) atoms. The Hall–Kier alpha value is -1.76. The van der Waals surface area contributed by atoms with E-state index in [1.165, 1.54) is 36.0 Å². The molecule has 0 aliphatic carbocycles. The summed E-state index contributed by atoms with van der Waals surface area (Å²) in [5.41, 5.74) is -0.00255. The van der Waals surface area contributed by atoms with Crippen LogP contribution in [0.25, 0.3) is 5.69 Å². The van der Waals surface area contributed by atoms with Crippen molar-refractivity contribution in [3.63, 3.8) is 0 Å². The fraction of sp³-hybridized carbons (Fsp3) is 0.231. The fourth-order valence-corrected chi connectivity index (χ4v) is 1.91. The van der Waals surface area contributed by atoms with Gasteiger partial charge in [0.15, 0.2) is 0 Å². The van der Waals surface area contributed by atoms with Crippen molar-refractivity contribution in [3.8, 4) is 5.69 Å². The summed E-state index contributed by atoms with van der Waals surface area (Å²) in [4.78, 5) is 11.3. The first-order valence-electron chi connectivity index (χ1n) is 5.81. The minimum absolute atomic E-state index is 0.0970. The predicted molar refractivity (Wildman–Crippen MR) is 71.8 cm³/mol. The highest BCUT2D eigenvalue weighted by Gasteiger charge is 2.42. The number of halogens is 3. The lowest BCUT2D eigenvalue weighted by atomic mass is 10.1. The molecule has 106 valence electrons. The molecule has 0 amide bonds. The number of nitrogens with zero attached hydrogens (tertiary/aromatic N) is 2. The molecule has 0 atom stereocenters. The third-order valence-corrected chi connectivity index (χ3v) is 2.97. The van der Waals surface area contributed by atoms with Crippen LogP contribution in [0.1, 0.15) is 12.5 Å². The molecule has 0 N–H and O–H groups in total. The minimum Gasteiger partial charge on any atom is -0.461 e. The smallest absolute Gasteiger partial charge is 0.381 e. The zero-order valence-corrected chi connectivity index (χ0v) is 12.1. The number of rotatable bonds is 4. The van der Waals surface area contributed by atoms with Gasteiger partial charge in [-0.1, -0.05) is 12.1 Å². The molecule has 7 heteroatoms. The normalized spacial score (nSPS) is 11.4. The Morgan fingerprint density at radius 2 is 2.25 bits per heavy atom. The van der Waals surface area contributed by atoms with Crippen LogP contribution in [0.15, 0.2) is 41.1 Å². The zero-order chi connectivity index (χ0) is 14.8. The Labute approximate surface area is 122 Å². The lowest BCUT2D eigenvalue weighted by Crippen LogP contribution is -2.28. The van der Waals surface area contributed by atoms with Crippen molar-refractivity contribution < 1.29 is 18.3 Å². The van der Waals surface area contributed by atoms with Crippen molar-refractivity contribution in [3.05, 3.63) is 46.7 Å². The highest BCUT2D eigenvalue weighted by molar-refractivity contribution is 9.10. The average molecular weight is 345 g/mol. The summed E-state index contributed by atoms with van der Waals surface area (Å²) >= 11 is 3.23. The Kier molecular flexibility index (Phi) is 4.17. The summed E-state index contributed by atoms with van der Waals surface area (Å²) in [5, 5.41) is 4.00. The van der Waals surface area contributed by atoms with Gasteiger partial charge < -0.3 is 4.74 Å². The maximum absolute atomic E-state index is 13.9. The third-order valence-electron chi connectivity index (χ3n) is 2.56. The topological polar surface area (TPSA) is 44.1 Å². The van der Waals surface area contributed by atoms with Crippen LogP contribution in [0.2, 0.25) is 0 Å². The molecular formula is C13H11BrF2N2O2. The maximum Gasteiger partial charge on any atom is 0.381 e. The monoisotopic (exact) mass is 344 g/mol. The number of hydrogen-bond acceptors (Lipinski definition) is 3. The van der Waals surface area contributed by atoms with Crippen LogP contribution >= 0.6 is 15.9 Å². The van der Waals surface area contributed by atoms with Crippen molar-refractivity contribution in [2.24, 2.45) is 0 Å². The Morgan fingerprint density at radius 3 is 2.85 bits per heavy atom. The van der Waals surface area contributed by atoms with Crippen molar-refractivity contribution in [2.75, 3.05) is 6.61 Å². The van der Waals surface area contributed by atoms with Crippen molar-refractivity contribution >= 4 is 21.9 Å². The SMILES string of the molecule is CCOC(=O)C(F)(F)c1cccc(-n2cc(Br)cn2)c1. The molecule has 0 aliphatic rings. The minimum atomic E-state index is -3.68. The zero-order valence-electron chi connectivity index (χ0n) is 10.5. The van der Waals surface area contributed by atoms with Crippen molar-refractivity contribution in [1.82, 2.24) is 9.78 Å². The number of hydrogen-bond donors (Lipinski definition) is 0. The van der Waals surface area contributed by atoms with Gasteiger partial charge in [0.25, 0.3) is 0 Å². The number of carbonyl (C=O) groups excluding carboxylic acids is 1. The van der Waals surface area contributed by atoms with Gasteiger partial charge in [-0.15, -0.1) is 0 Å². The molecule has 0 saturated carbocycles. The number of esters is 1. The molecule has 0 unspecified atom stereocenters. The summed E-state index contributed by atoms with van der Waals surface area (Å²) < 4.78 is 34.4. The largest absolute Gasteiger partial charge is 0.461 e. The van der Waals surface area contributed by atoms with E-state index in [4.69, 9.17) is 0 Å². The van der Waals surface area contributed by atoms with E-state index in [1.54, 1.807) is 12.3 Å². The Balaban J connectivity index is 2.37. The molecule has 0 radical (unpaired) electrons. The Bertz CT molecular complexity index is 628. The van der Waals surface area contributed by atoms with Crippen molar-refractivity contribution in [1.29, 1.82) is 0 Å². The second-order valence-corrected chi connectivity index (χ2v) is 4.86. The van der Waals surface area contributed by atoms with Crippen LogP contribution in [0.3, 0.4) is 0 Å². The number of benzene rings is 1. The van der Waals surface area contributed by atoms with Gasteiger partial charge in [-0.25, -0.2) is 9.48 Å². The van der Waals surface area contributed by atoms with E-state index in [0.29, 0.717) is 5.69 Å². The molecule has 1 aromatic carbocycles. The van der Waals surface area contributed by atoms with Crippen LogP contribution in [-0.4, -0.2) is 22.4 Å². The molecule has 2 aromatic rings.